The summed E-state index contributed by atoms with van der Waals surface area (Å²) in [5.41, 5.74) is 0. The van der Waals surface area contributed by atoms with E-state index >= 15 is 0 Å². The Morgan fingerprint density at radius 3 is 2.57 bits per heavy atom. The van der Waals surface area contributed by atoms with Crippen LogP contribution in [0.1, 0.15) is 64.7 Å². The molecule has 134 valence electrons. The van der Waals surface area contributed by atoms with E-state index in [2.05, 4.69) is 6.92 Å². The number of unbranched alkanes of at least 4 members (excludes halogenated alkanes) is 3. The van der Waals surface area contributed by atoms with Crippen molar-refractivity contribution in [3.8, 4) is 0 Å². The minimum absolute atomic E-state index is 0.0620. The van der Waals surface area contributed by atoms with Gasteiger partial charge in [0.25, 0.3) is 0 Å². The average molecular weight is 328 g/mol. The van der Waals surface area contributed by atoms with Crippen molar-refractivity contribution in [3.63, 3.8) is 0 Å². The molecule has 5 atom stereocenters. The lowest BCUT2D eigenvalue weighted by atomic mass is 9.88. The molecule has 0 radical (unpaired) electrons. The molecule has 1 aliphatic rings. The van der Waals surface area contributed by atoms with Crippen LogP contribution in [0.2, 0.25) is 0 Å². The van der Waals surface area contributed by atoms with Crippen molar-refractivity contribution in [1.82, 2.24) is 0 Å². The second-order valence-electron chi connectivity index (χ2n) is 6.70. The van der Waals surface area contributed by atoms with Gasteiger partial charge in [-0.25, -0.2) is 0 Å². The lowest BCUT2D eigenvalue weighted by Crippen LogP contribution is -2.21. The summed E-state index contributed by atoms with van der Waals surface area (Å²) in [4.78, 5) is 10.4. The van der Waals surface area contributed by atoms with Gasteiger partial charge in [0, 0.05) is 18.8 Å². The van der Waals surface area contributed by atoms with Crippen LogP contribution in [0.4, 0.5) is 0 Å². The van der Waals surface area contributed by atoms with E-state index in [4.69, 9.17) is 5.11 Å². The van der Waals surface area contributed by atoms with Crippen LogP contribution in [0.15, 0.2) is 12.2 Å². The largest absolute Gasteiger partial charge is 0.481 e. The first-order chi connectivity index (χ1) is 11.0. The van der Waals surface area contributed by atoms with Crippen LogP contribution in [-0.4, -0.2) is 44.7 Å². The summed E-state index contributed by atoms with van der Waals surface area (Å²) in [6, 6.07) is 0. The second-order valence-corrected chi connectivity index (χ2v) is 6.70. The van der Waals surface area contributed by atoms with Crippen molar-refractivity contribution in [2.24, 2.45) is 11.8 Å². The predicted octanol–water partition coefficient (Wildman–Crippen LogP) is 2.49. The Balaban J connectivity index is 2.42. The summed E-state index contributed by atoms with van der Waals surface area (Å²) in [5.74, 6) is -0.851. The number of aliphatic hydroxyl groups excluding tert-OH is 3. The maximum absolute atomic E-state index is 10.4. The molecule has 0 spiro atoms. The quantitative estimate of drug-likeness (QED) is 0.345. The van der Waals surface area contributed by atoms with Crippen LogP contribution in [0, 0.1) is 11.8 Å². The molecule has 4 N–H and O–H groups in total. The van der Waals surface area contributed by atoms with Gasteiger partial charge in [-0.15, -0.1) is 0 Å². The van der Waals surface area contributed by atoms with Crippen LogP contribution >= 0.6 is 0 Å². The van der Waals surface area contributed by atoms with E-state index < -0.39 is 24.3 Å². The fourth-order valence-corrected chi connectivity index (χ4v) is 3.39. The molecule has 0 unspecified atom stereocenters. The van der Waals surface area contributed by atoms with Crippen molar-refractivity contribution < 1.29 is 25.2 Å². The van der Waals surface area contributed by atoms with Crippen molar-refractivity contribution in [3.05, 3.63) is 12.2 Å². The van der Waals surface area contributed by atoms with Gasteiger partial charge in [-0.2, -0.15) is 0 Å². The molecule has 0 heterocycles. The van der Waals surface area contributed by atoms with Crippen LogP contribution in [0.5, 0.6) is 0 Å². The van der Waals surface area contributed by atoms with Gasteiger partial charge in [-0.1, -0.05) is 38.3 Å². The first-order valence-electron chi connectivity index (χ1n) is 8.90. The molecule has 1 rings (SSSR count). The highest BCUT2D eigenvalue weighted by molar-refractivity contribution is 5.66. The first kappa shape index (κ1) is 20.1. The van der Waals surface area contributed by atoms with Gasteiger partial charge >= 0.3 is 5.97 Å². The van der Waals surface area contributed by atoms with Crippen LogP contribution in [-0.2, 0) is 4.79 Å². The maximum atomic E-state index is 10.4. The van der Waals surface area contributed by atoms with Gasteiger partial charge in [0.05, 0.1) is 18.3 Å². The molecule has 0 amide bonds. The van der Waals surface area contributed by atoms with Gasteiger partial charge in [-0.05, 0) is 31.6 Å². The zero-order valence-corrected chi connectivity index (χ0v) is 14.1. The number of aliphatic carboxylic acids is 1. The highest BCUT2D eigenvalue weighted by Gasteiger charge is 2.39. The molecule has 1 aliphatic carbocycles. The summed E-state index contributed by atoms with van der Waals surface area (Å²) in [7, 11) is 0. The molecule has 0 bridgehead atoms. The van der Waals surface area contributed by atoms with Gasteiger partial charge < -0.3 is 20.4 Å². The van der Waals surface area contributed by atoms with E-state index in [1.54, 1.807) is 6.08 Å². The fourth-order valence-electron chi connectivity index (χ4n) is 3.39. The van der Waals surface area contributed by atoms with Gasteiger partial charge in [0.1, 0.15) is 0 Å². The molecule has 0 aromatic heterocycles. The van der Waals surface area contributed by atoms with Crippen molar-refractivity contribution in [1.29, 1.82) is 0 Å². The first-order valence-corrected chi connectivity index (χ1v) is 8.90. The Labute approximate surface area is 139 Å². The summed E-state index contributed by atoms with van der Waals surface area (Å²) >= 11 is 0. The molecule has 1 saturated carbocycles. The molecular formula is C18H32O5. The molecule has 23 heavy (non-hydrogen) atoms. The fraction of sp³-hybridized carbons (Fsp3) is 0.833. The number of carboxylic acid groups (broad SMARTS) is 1. The normalized spacial score (nSPS) is 29.2. The number of hydrogen-bond donors (Lipinski definition) is 4. The van der Waals surface area contributed by atoms with Crippen LogP contribution in [0.25, 0.3) is 0 Å². The number of carboxylic acids is 1. The van der Waals surface area contributed by atoms with E-state index in [9.17, 15) is 20.1 Å². The van der Waals surface area contributed by atoms with Gasteiger partial charge in [-0.3, -0.25) is 4.79 Å². The van der Waals surface area contributed by atoms with Gasteiger partial charge in [0.2, 0.25) is 0 Å². The predicted molar refractivity (Wildman–Crippen MR) is 89.0 cm³/mol. The Morgan fingerprint density at radius 1 is 1.17 bits per heavy atom. The number of rotatable bonds is 11. The molecule has 5 heteroatoms. The van der Waals surface area contributed by atoms with Gasteiger partial charge in [0.15, 0.2) is 0 Å². The summed E-state index contributed by atoms with van der Waals surface area (Å²) in [6.07, 6.45) is 8.38. The average Bonchev–Trinajstić information content (AvgIpc) is 2.75. The third-order valence-corrected chi connectivity index (χ3v) is 4.75. The summed E-state index contributed by atoms with van der Waals surface area (Å²) in [5, 5.41) is 38.7. The van der Waals surface area contributed by atoms with Crippen molar-refractivity contribution in [2.45, 2.75) is 83.0 Å². The molecule has 0 aliphatic heterocycles. The van der Waals surface area contributed by atoms with E-state index in [0.29, 0.717) is 25.7 Å². The monoisotopic (exact) mass is 328 g/mol. The molecule has 0 aromatic carbocycles. The third-order valence-electron chi connectivity index (χ3n) is 4.75. The Kier molecular flexibility index (Phi) is 9.44. The Morgan fingerprint density at radius 2 is 1.91 bits per heavy atom. The third kappa shape index (κ3) is 7.46. The summed E-state index contributed by atoms with van der Waals surface area (Å²) < 4.78 is 0. The minimum atomic E-state index is -0.812. The molecule has 5 nitrogen and oxygen atoms in total. The maximum Gasteiger partial charge on any atom is 0.303 e. The van der Waals surface area contributed by atoms with E-state index in [1.165, 1.54) is 0 Å². The highest BCUT2D eigenvalue weighted by Crippen LogP contribution is 2.37. The van der Waals surface area contributed by atoms with E-state index in [1.807, 2.05) is 6.08 Å². The molecule has 1 fully saturated rings. The number of carbonyl (C=O) groups is 1. The molecule has 0 aromatic rings. The van der Waals surface area contributed by atoms with Crippen LogP contribution < -0.4 is 0 Å². The van der Waals surface area contributed by atoms with Crippen LogP contribution in [0.3, 0.4) is 0 Å². The lowest BCUT2D eigenvalue weighted by molar-refractivity contribution is -0.137. The minimum Gasteiger partial charge on any atom is -0.481 e. The SMILES string of the molecule is CCCCC[C@H]1[C@@H](/C=C/[C@@H](O)CCCCC(=O)O)[C@H](O)C[C@@H]1O. The lowest BCUT2D eigenvalue weighted by Gasteiger charge is -2.21. The Hall–Kier alpha value is -0.910. The molecule has 0 saturated heterocycles. The Bertz CT molecular complexity index is 368. The zero-order valence-electron chi connectivity index (χ0n) is 14.1. The van der Waals surface area contributed by atoms with E-state index in [0.717, 1.165) is 25.7 Å². The molecular weight excluding hydrogens is 296 g/mol. The van der Waals surface area contributed by atoms with Crippen molar-refractivity contribution >= 4 is 5.97 Å². The standard InChI is InChI=1S/C18H32O5/c1-2-3-4-8-14-15(17(21)12-16(14)20)11-10-13(19)7-5-6-9-18(22)23/h10-11,13-17,19-21H,2-9,12H2,1H3,(H,22,23)/b11-10+/t13-,14-,15+,16-,17+/m0/s1. The van der Waals surface area contributed by atoms with E-state index in [-0.39, 0.29) is 18.3 Å². The number of aliphatic hydroxyl groups is 3. The number of hydrogen-bond acceptors (Lipinski definition) is 4. The summed E-state index contributed by atoms with van der Waals surface area (Å²) in [6.45, 7) is 2.14. The van der Waals surface area contributed by atoms with Crippen molar-refractivity contribution in [2.75, 3.05) is 0 Å². The smallest absolute Gasteiger partial charge is 0.303 e. The topological polar surface area (TPSA) is 98.0 Å². The zero-order chi connectivity index (χ0) is 17.2. The second kappa shape index (κ2) is 10.8. The highest BCUT2D eigenvalue weighted by atomic mass is 16.4.